The fourth-order valence-corrected chi connectivity index (χ4v) is 6.19. The third-order valence-corrected chi connectivity index (χ3v) is 7.85. The van der Waals surface area contributed by atoms with Crippen LogP contribution in [0.15, 0.2) is 35.3 Å². The smallest absolute Gasteiger partial charge is 0.407 e. The van der Waals surface area contributed by atoms with Gasteiger partial charge in [-0.25, -0.2) is 9.59 Å². The molecule has 4 rings (SSSR count). The highest BCUT2D eigenvalue weighted by molar-refractivity contribution is 5.88. The van der Waals surface area contributed by atoms with Gasteiger partial charge in [0.05, 0.1) is 18.9 Å². The number of nitrogens with zero attached hydrogens (tertiary/aromatic N) is 1. The number of benzene rings is 1. The number of carboxylic acid groups (broad SMARTS) is 1. The number of hydrogen-bond donors (Lipinski definition) is 2. The first-order valence-electron chi connectivity index (χ1n) is 14.1. The van der Waals surface area contributed by atoms with E-state index in [-0.39, 0.29) is 35.1 Å². The summed E-state index contributed by atoms with van der Waals surface area (Å²) in [6, 6.07) is 7.29. The third-order valence-electron chi connectivity index (χ3n) is 7.85. The van der Waals surface area contributed by atoms with Crippen LogP contribution in [0.2, 0.25) is 0 Å². The lowest BCUT2D eigenvalue weighted by atomic mass is 9.77. The highest BCUT2D eigenvalue weighted by atomic mass is 16.6. The molecule has 1 aromatic heterocycles. The van der Waals surface area contributed by atoms with E-state index in [9.17, 15) is 19.5 Å². The Morgan fingerprint density at radius 3 is 2.52 bits per heavy atom. The van der Waals surface area contributed by atoms with Crippen LogP contribution in [0.5, 0.6) is 5.75 Å². The molecular formula is C31H42N2O7. The number of carboxylic acids is 1. The molecule has 9 heteroatoms. The van der Waals surface area contributed by atoms with Crippen LogP contribution in [0, 0.1) is 5.41 Å². The maximum Gasteiger partial charge on any atom is 0.407 e. The van der Waals surface area contributed by atoms with Crippen molar-refractivity contribution < 1.29 is 28.9 Å². The molecule has 1 saturated carbocycles. The number of unbranched alkanes of at least 4 members (excludes halogenated alkanes) is 3. The van der Waals surface area contributed by atoms with Gasteiger partial charge in [-0.3, -0.25) is 4.79 Å². The summed E-state index contributed by atoms with van der Waals surface area (Å²) in [5.41, 5.74) is 1.25. The number of methoxy groups -OCH3 is 1. The Hall–Kier alpha value is -3.33. The number of carbonyl (C=O) groups excluding carboxylic acids is 1. The lowest BCUT2D eigenvalue weighted by Crippen LogP contribution is -2.33. The van der Waals surface area contributed by atoms with E-state index in [0.717, 1.165) is 43.2 Å². The number of ether oxygens (including phenoxy) is 3. The van der Waals surface area contributed by atoms with Crippen molar-refractivity contribution in [3.63, 3.8) is 0 Å². The zero-order chi connectivity index (χ0) is 29.2. The van der Waals surface area contributed by atoms with E-state index in [2.05, 4.69) is 25.2 Å². The van der Waals surface area contributed by atoms with Gasteiger partial charge in [0.1, 0.15) is 16.9 Å². The SMILES string of the molecule is COc1ccc2c(c1)-c1cc(=O)c(C(=O)O)cn1C1C2C(OCCCCCCNC(=O)OC(C)(C)C)CC1(C)C. The first-order valence-corrected chi connectivity index (χ1v) is 14.1. The molecule has 0 bridgehead atoms. The second-order valence-corrected chi connectivity index (χ2v) is 12.5. The molecule has 2 aliphatic rings. The standard InChI is InChI=1S/C31H42N2O7/c1-30(2,3)40-29(37)32-13-9-7-8-10-14-39-25-17-31(4,5)27-26(25)20-12-11-19(38-6)15-21(20)23-16-24(34)22(28(35)36)18-33(23)27/h11-12,15-16,18,25-27H,7-10,13-14,17H2,1-6H3,(H,32,37)(H,35,36). The number of rotatable bonds is 10. The molecule has 40 heavy (non-hydrogen) atoms. The zero-order valence-corrected chi connectivity index (χ0v) is 24.4. The van der Waals surface area contributed by atoms with Gasteiger partial charge >= 0.3 is 12.1 Å². The molecule has 1 fully saturated rings. The van der Waals surface area contributed by atoms with E-state index in [0.29, 0.717) is 24.6 Å². The summed E-state index contributed by atoms with van der Waals surface area (Å²) in [6.07, 6.45) is 5.61. The number of aromatic carboxylic acids is 1. The summed E-state index contributed by atoms with van der Waals surface area (Å²) < 4.78 is 19.2. The lowest BCUT2D eigenvalue weighted by molar-refractivity contribution is 0.0372. The largest absolute Gasteiger partial charge is 0.497 e. The van der Waals surface area contributed by atoms with Crippen LogP contribution >= 0.6 is 0 Å². The highest BCUT2D eigenvalue weighted by Crippen LogP contribution is 2.59. The topological polar surface area (TPSA) is 116 Å². The van der Waals surface area contributed by atoms with E-state index < -0.39 is 17.0 Å². The van der Waals surface area contributed by atoms with Crippen LogP contribution in [0.25, 0.3) is 11.3 Å². The monoisotopic (exact) mass is 554 g/mol. The molecule has 0 saturated heterocycles. The van der Waals surface area contributed by atoms with E-state index in [1.165, 1.54) is 12.3 Å². The first kappa shape index (κ1) is 29.6. The number of nitrogens with one attached hydrogen (secondary N) is 1. The van der Waals surface area contributed by atoms with Crippen LogP contribution in [-0.2, 0) is 9.47 Å². The number of alkyl carbamates (subject to hydrolysis) is 1. The Morgan fingerprint density at radius 1 is 1.12 bits per heavy atom. The van der Waals surface area contributed by atoms with Crippen LogP contribution in [0.4, 0.5) is 4.79 Å². The van der Waals surface area contributed by atoms with Crippen molar-refractivity contribution in [2.75, 3.05) is 20.3 Å². The summed E-state index contributed by atoms with van der Waals surface area (Å²) in [5, 5.41) is 12.5. The summed E-state index contributed by atoms with van der Waals surface area (Å²) in [5.74, 6) is -0.543. The highest BCUT2D eigenvalue weighted by Gasteiger charge is 2.53. The fraction of sp³-hybridized carbons (Fsp3) is 0.581. The molecule has 1 amide bonds. The van der Waals surface area contributed by atoms with Gasteiger partial charge in [-0.1, -0.05) is 32.8 Å². The van der Waals surface area contributed by atoms with Gasteiger partial charge in [-0.2, -0.15) is 0 Å². The van der Waals surface area contributed by atoms with Crippen LogP contribution in [0.1, 0.15) is 94.6 Å². The predicted molar refractivity (Wildman–Crippen MR) is 152 cm³/mol. The number of hydrogen-bond acceptors (Lipinski definition) is 6. The van der Waals surface area contributed by atoms with Crippen LogP contribution in [0.3, 0.4) is 0 Å². The van der Waals surface area contributed by atoms with Crippen molar-refractivity contribution in [3.05, 3.63) is 51.8 Å². The van der Waals surface area contributed by atoms with Crippen LogP contribution in [-0.4, -0.2) is 53.7 Å². The quantitative estimate of drug-likeness (QED) is 0.359. The molecule has 0 spiro atoms. The minimum absolute atomic E-state index is 0.00517. The minimum atomic E-state index is -1.22. The fourth-order valence-electron chi connectivity index (χ4n) is 6.19. The van der Waals surface area contributed by atoms with Gasteiger partial charge in [0.2, 0.25) is 0 Å². The first-order chi connectivity index (χ1) is 18.8. The van der Waals surface area contributed by atoms with Crippen molar-refractivity contribution in [2.45, 2.75) is 90.4 Å². The Bertz CT molecular complexity index is 1310. The van der Waals surface area contributed by atoms with Gasteiger partial charge in [0.25, 0.3) is 0 Å². The third kappa shape index (κ3) is 6.35. The minimum Gasteiger partial charge on any atom is -0.497 e. The summed E-state index contributed by atoms with van der Waals surface area (Å²) in [7, 11) is 1.60. The van der Waals surface area contributed by atoms with E-state index in [1.54, 1.807) is 7.11 Å². The molecule has 0 radical (unpaired) electrons. The van der Waals surface area contributed by atoms with Crippen molar-refractivity contribution in [1.29, 1.82) is 0 Å². The molecule has 3 atom stereocenters. The molecule has 3 unspecified atom stereocenters. The van der Waals surface area contributed by atoms with Crippen LogP contribution < -0.4 is 15.5 Å². The normalized spacial score (nSPS) is 20.7. The molecule has 1 aliphatic carbocycles. The summed E-state index contributed by atoms with van der Waals surface area (Å²) in [6.45, 7) is 11.1. The number of aromatic nitrogens is 1. The van der Waals surface area contributed by atoms with Gasteiger partial charge in [0.15, 0.2) is 5.43 Å². The molecule has 1 aliphatic heterocycles. The molecule has 218 valence electrons. The zero-order valence-electron chi connectivity index (χ0n) is 24.4. The van der Waals surface area contributed by atoms with Gasteiger partial charge < -0.3 is 29.2 Å². The number of pyridine rings is 1. The Labute approximate surface area is 235 Å². The maximum absolute atomic E-state index is 12.7. The average Bonchev–Trinajstić information content (AvgIpc) is 3.14. The van der Waals surface area contributed by atoms with Crippen molar-refractivity contribution >= 4 is 12.1 Å². The van der Waals surface area contributed by atoms with Gasteiger partial charge in [-0.15, -0.1) is 0 Å². The van der Waals surface area contributed by atoms with Gasteiger partial charge in [0, 0.05) is 42.9 Å². The van der Waals surface area contributed by atoms with Crippen molar-refractivity contribution in [2.24, 2.45) is 5.41 Å². The summed E-state index contributed by atoms with van der Waals surface area (Å²) in [4.78, 5) is 36.3. The molecular weight excluding hydrogens is 512 g/mol. The molecule has 2 N–H and O–H groups in total. The maximum atomic E-state index is 12.7. The Balaban J connectivity index is 1.45. The van der Waals surface area contributed by atoms with E-state index in [1.807, 2.05) is 37.5 Å². The Kier molecular flexibility index (Phi) is 8.63. The molecule has 1 aromatic carbocycles. The lowest BCUT2D eigenvalue weighted by Gasteiger charge is -2.40. The number of carbonyl (C=O) groups is 2. The number of amides is 1. The second-order valence-electron chi connectivity index (χ2n) is 12.5. The van der Waals surface area contributed by atoms with Gasteiger partial charge in [-0.05, 0) is 63.1 Å². The van der Waals surface area contributed by atoms with Crippen molar-refractivity contribution in [1.82, 2.24) is 9.88 Å². The van der Waals surface area contributed by atoms with Crippen molar-refractivity contribution in [3.8, 4) is 17.0 Å². The molecule has 9 nitrogen and oxygen atoms in total. The van der Waals surface area contributed by atoms with E-state index in [4.69, 9.17) is 14.2 Å². The molecule has 2 heterocycles. The van der Waals surface area contributed by atoms with E-state index >= 15 is 0 Å². The Morgan fingerprint density at radius 2 is 1.85 bits per heavy atom. The second kappa shape index (κ2) is 11.6. The average molecular weight is 555 g/mol. The summed E-state index contributed by atoms with van der Waals surface area (Å²) >= 11 is 0. The predicted octanol–water partition coefficient (Wildman–Crippen LogP) is 5.76. The molecule has 2 aromatic rings. The number of fused-ring (bicyclic) bond motifs is 6.